The van der Waals surface area contributed by atoms with Gasteiger partial charge in [-0.1, -0.05) is 44.2 Å². The number of hydrogen-bond acceptors (Lipinski definition) is 9. The van der Waals surface area contributed by atoms with Gasteiger partial charge in [0.1, 0.15) is 11.7 Å². The highest BCUT2D eigenvalue weighted by atomic mass is 16.8. The minimum atomic E-state index is -2.71. The Labute approximate surface area is 213 Å². The molecular formula is C24H29BN4O8. The van der Waals surface area contributed by atoms with Gasteiger partial charge in [0.25, 0.3) is 11.9 Å². The molecular weight excluding hydrogens is 483 g/mol. The zero-order valence-corrected chi connectivity index (χ0v) is 20.7. The summed E-state index contributed by atoms with van der Waals surface area (Å²) in [6.07, 6.45) is 2.23. The fourth-order valence-corrected chi connectivity index (χ4v) is 4.52. The maximum atomic E-state index is 13.6. The molecule has 2 bridgehead atoms. The van der Waals surface area contributed by atoms with Crippen LogP contribution < -0.4 is 10.6 Å². The summed E-state index contributed by atoms with van der Waals surface area (Å²) in [5.41, 5.74) is 0.864. The fraction of sp³-hybridized carbons (Fsp3) is 0.417. The highest BCUT2D eigenvalue weighted by Gasteiger charge is 2.70. The van der Waals surface area contributed by atoms with E-state index >= 15 is 0 Å². The van der Waals surface area contributed by atoms with E-state index in [1.807, 2.05) is 44.2 Å². The quantitative estimate of drug-likeness (QED) is 0.251. The molecule has 2 aromatic rings. The zero-order valence-electron chi connectivity index (χ0n) is 20.7. The molecule has 1 aromatic carbocycles. The highest BCUT2D eigenvalue weighted by Crippen LogP contribution is 2.36. The third-order valence-corrected chi connectivity index (χ3v) is 6.22. The molecule has 0 aliphatic carbocycles. The van der Waals surface area contributed by atoms with Crippen LogP contribution in [0, 0.1) is 5.92 Å². The van der Waals surface area contributed by atoms with Gasteiger partial charge in [0.05, 0.1) is 19.2 Å². The summed E-state index contributed by atoms with van der Waals surface area (Å²) < 4.78 is 20.4. The van der Waals surface area contributed by atoms with E-state index in [4.69, 9.17) is 14.0 Å². The first kappa shape index (κ1) is 26.2. The Morgan fingerprint density at radius 2 is 1.92 bits per heavy atom. The average molecular weight is 512 g/mol. The molecule has 4 rings (SSSR count). The SMILES string of the molecule is COC(=O)[C@@H]1[OH+][B-]2([C@H](CC(C)C)NC(=O)[C@H](Cc3ccccc3)NC(=O)c3cnccn3)OC(=O)[C@@H]1O2. The Bertz CT molecular complexity index is 1150. The molecule has 196 valence electrons. The second kappa shape index (κ2) is 11.1. The van der Waals surface area contributed by atoms with Crippen molar-refractivity contribution in [2.75, 3.05) is 7.11 Å². The van der Waals surface area contributed by atoms with Crippen LogP contribution in [-0.2, 0) is 34.9 Å². The molecule has 12 nitrogen and oxygen atoms in total. The molecule has 3 heterocycles. The summed E-state index contributed by atoms with van der Waals surface area (Å²) in [4.78, 5) is 59.0. The summed E-state index contributed by atoms with van der Waals surface area (Å²) in [5, 5.41) is 5.59. The van der Waals surface area contributed by atoms with Gasteiger partial charge in [-0.3, -0.25) is 19.4 Å². The van der Waals surface area contributed by atoms with E-state index in [0.29, 0.717) is 6.42 Å². The molecule has 13 heteroatoms. The lowest BCUT2D eigenvalue weighted by atomic mass is 9.65. The molecule has 2 amide bonds. The number of amides is 2. The number of carbonyl (C=O) groups excluding carboxylic acids is 4. The van der Waals surface area contributed by atoms with Crippen LogP contribution in [0.15, 0.2) is 48.9 Å². The van der Waals surface area contributed by atoms with Crippen molar-refractivity contribution < 1.29 is 37.9 Å². The maximum Gasteiger partial charge on any atom is 0.648 e. The predicted octanol–water partition coefficient (Wildman–Crippen LogP) is -0.148. The predicted molar refractivity (Wildman–Crippen MR) is 130 cm³/mol. The van der Waals surface area contributed by atoms with Crippen LogP contribution in [-0.4, -0.2) is 76.4 Å². The summed E-state index contributed by atoms with van der Waals surface area (Å²) in [6.45, 7) is 1.13. The summed E-state index contributed by atoms with van der Waals surface area (Å²) >= 11 is 0. The molecule has 2 fully saturated rings. The van der Waals surface area contributed by atoms with Crippen molar-refractivity contribution in [3.8, 4) is 0 Å². The van der Waals surface area contributed by atoms with E-state index in [9.17, 15) is 19.2 Å². The number of ether oxygens (including phenoxy) is 1. The standard InChI is InChI=1S/C24H29BN4O8/c1-14(2)11-18(25-35-19(23(32)34-3)20(36-25)24(33)37-25)29-21(30)16(12-15-7-5-4-6-8-15)28-22(31)17-13-26-9-10-27-17/h4-10,13-14,16,18-20,35H,11-12H2,1-3H3,(H,28,31)(H,29,30)/t16-,18-,19+,20+,25?/m0/s1. The Balaban J connectivity index is 1.58. The van der Waals surface area contributed by atoms with Crippen LogP contribution >= 0.6 is 0 Å². The smallest absolute Gasteiger partial charge is 0.607 e. The third-order valence-electron chi connectivity index (χ3n) is 6.22. The first-order valence-electron chi connectivity index (χ1n) is 12.0. The van der Waals surface area contributed by atoms with Crippen LogP contribution in [0.4, 0.5) is 0 Å². The number of carbonyl (C=O) groups is 4. The molecule has 2 aliphatic rings. The molecule has 5 atom stereocenters. The number of rotatable bonds is 10. The molecule has 0 radical (unpaired) electrons. The first-order valence-corrected chi connectivity index (χ1v) is 12.0. The minimum Gasteiger partial charge on any atom is -0.607 e. The normalized spacial score (nSPS) is 23.7. The zero-order chi connectivity index (χ0) is 26.6. The monoisotopic (exact) mass is 512 g/mol. The maximum absolute atomic E-state index is 13.6. The Morgan fingerprint density at radius 3 is 2.57 bits per heavy atom. The van der Waals surface area contributed by atoms with Crippen molar-refractivity contribution in [2.24, 2.45) is 5.92 Å². The second-order valence-electron chi connectivity index (χ2n) is 9.39. The van der Waals surface area contributed by atoms with Gasteiger partial charge in [0.15, 0.2) is 6.10 Å². The van der Waals surface area contributed by atoms with Crippen LogP contribution in [0.5, 0.6) is 0 Å². The van der Waals surface area contributed by atoms with Crippen molar-refractivity contribution in [1.29, 1.82) is 0 Å². The topological polar surface area (TPSA) is 159 Å². The van der Waals surface area contributed by atoms with Gasteiger partial charge in [-0.15, -0.1) is 0 Å². The molecule has 1 unspecified atom stereocenters. The minimum absolute atomic E-state index is 0.0389. The third kappa shape index (κ3) is 5.78. The highest BCUT2D eigenvalue weighted by molar-refractivity contribution is 6.66. The number of fused-ring (bicyclic) bond motifs is 2. The number of nitrogens with zero attached hydrogens (tertiary/aromatic N) is 2. The van der Waals surface area contributed by atoms with Gasteiger partial charge >= 0.3 is 12.7 Å². The van der Waals surface area contributed by atoms with Crippen LogP contribution in [0.1, 0.15) is 36.3 Å². The van der Waals surface area contributed by atoms with Gasteiger partial charge < -0.3 is 29.3 Å². The molecule has 1 aromatic heterocycles. The van der Waals surface area contributed by atoms with Crippen molar-refractivity contribution >= 4 is 30.5 Å². The summed E-state index contributed by atoms with van der Waals surface area (Å²) in [5.74, 6) is -3.40. The van der Waals surface area contributed by atoms with Gasteiger partial charge in [-0.2, -0.15) is 0 Å². The van der Waals surface area contributed by atoms with Gasteiger partial charge in [0.2, 0.25) is 12.0 Å². The molecule has 2 saturated heterocycles. The van der Waals surface area contributed by atoms with E-state index in [1.54, 1.807) is 0 Å². The fourth-order valence-electron chi connectivity index (χ4n) is 4.52. The summed E-state index contributed by atoms with van der Waals surface area (Å²) in [7, 11) is 1.19. The lowest BCUT2D eigenvalue weighted by Crippen LogP contribution is -2.65. The molecule has 0 saturated carbocycles. The Hall–Kier alpha value is -3.84. The van der Waals surface area contributed by atoms with Crippen molar-refractivity contribution in [2.45, 2.75) is 50.9 Å². The average Bonchev–Trinajstić information content (AvgIpc) is 3.44. The number of nitrogens with one attached hydrogen (secondary N) is 2. The molecule has 0 spiro atoms. The van der Waals surface area contributed by atoms with E-state index in [2.05, 4.69) is 25.3 Å². The van der Waals surface area contributed by atoms with Crippen molar-refractivity contribution in [3.05, 3.63) is 60.2 Å². The lowest BCUT2D eigenvalue weighted by molar-refractivity contribution is -0.170. The number of esters is 1. The van der Waals surface area contributed by atoms with Crippen LogP contribution in [0.2, 0.25) is 0 Å². The second-order valence-corrected chi connectivity index (χ2v) is 9.39. The van der Waals surface area contributed by atoms with E-state index in [1.165, 1.54) is 25.7 Å². The van der Waals surface area contributed by atoms with Gasteiger partial charge in [-0.05, 0) is 17.9 Å². The van der Waals surface area contributed by atoms with Crippen LogP contribution in [0.25, 0.3) is 0 Å². The number of hydrogen-bond donors (Lipinski definition) is 2. The molecule has 3 N–H and O–H groups in total. The number of methoxy groups -OCH3 is 1. The van der Waals surface area contributed by atoms with E-state index in [0.717, 1.165) is 5.56 Å². The number of aliphatic hydroxyl groups is 1. The van der Waals surface area contributed by atoms with Crippen molar-refractivity contribution in [1.82, 2.24) is 20.6 Å². The molecule has 2 aliphatic heterocycles. The van der Waals surface area contributed by atoms with E-state index < -0.39 is 54.7 Å². The molecule has 37 heavy (non-hydrogen) atoms. The van der Waals surface area contributed by atoms with Gasteiger partial charge in [0, 0.05) is 18.8 Å². The van der Waals surface area contributed by atoms with Crippen LogP contribution in [0.3, 0.4) is 0 Å². The summed E-state index contributed by atoms with van der Waals surface area (Å²) in [6, 6.07) is 8.16. The Morgan fingerprint density at radius 1 is 1.16 bits per heavy atom. The van der Waals surface area contributed by atoms with Gasteiger partial charge in [-0.25, -0.2) is 9.78 Å². The number of benzene rings is 1. The lowest BCUT2D eigenvalue weighted by Gasteiger charge is -2.36. The van der Waals surface area contributed by atoms with Crippen molar-refractivity contribution in [3.63, 3.8) is 0 Å². The first-order chi connectivity index (χ1) is 17.7. The van der Waals surface area contributed by atoms with E-state index in [-0.39, 0.29) is 18.0 Å². The largest absolute Gasteiger partial charge is 0.648 e. The Kier molecular flexibility index (Phi) is 7.84. The number of aromatic nitrogens is 2.